The van der Waals surface area contributed by atoms with Crippen molar-refractivity contribution >= 4 is 70.9 Å². The van der Waals surface area contributed by atoms with Gasteiger partial charge in [-0.3, -0.25) is 9.44 Å². The summed E-state index contributed by atoms with van der Waals surface area (Å²) in [4.78, 5) is 1.55. The third-order valence-electron chi connectivity index (χ3n) is 10.3. The molecule has 0 aliphatic carbocycles. The number of hydrogen-bond donors (Lipinski definition) is 4. The molecular weight excluding hydrogens is 838 g/mol. The van der Waals surface area contributed by atoms with Gasteiger partial charge in [0.15, 0.2) is 0 Å². The van der Waals surface area contributed by atoms with E-state index in [0.29, 0.717) is 65.1 Å². The first-order valence-corrected chi connectivity index (χ1v) is 22.1. The van der Waals surface area contributed by atoms with E-state index in [0.717, 1.165) is 11.1 Å². The predicted molar refractivity (Wildman–Crippen MR) is 233 cm³/mol. The van der Waals surface area contributed by atoms with Crippen LogP contribution < -0.4 is 14.3 Å². The lowest BCUT2D eigenvalue weighted by Crippen LogP contribution is -2.37. The molecule has 0 radical (unpaired) electrons. The fraction of sp³-hybridized carbons (Fsp3) is 0.182. The van der Waals surface area contributed by atoms with Crippen molar-refractivity contribution in [2.24, 2.45) is 10.2 Å². The van der Waals surface area contributed by atoms with Gasteiger partial charge in [0, 0.05) is 23.9 Å². The number of nitrogens with one attached hydrogen (secondary N) is 2. The van der Waals surface area contributed by atoms with Gasteiger partial charge in [0.2, 0.25) is 0 Å². The second-order valence-corrected chi connectivity index (χ2v) is 18.2. The number of sulfonamides is 2. The quantitative estimate of drug-likeness (QED) is 0.0715. The van der Waals surface area contributed by atoms with Gasteiger partial charge in [0.05, 0.1) is 57.0 Å². The van der Waals surface area contributed by atoms with Gasteiger partial charge in [-0.25, -0.2) is 16.8 Å². The summed E-state index contributed by atoms with van der Waals surface area (Å²) in [6.45, 7) is 6.86. The minimum absolute atomic E-state index is 0.00810. The van der Waals surface area contributed by atoms with Crippen LogP contribution in [0.15, 0.2) is 111 Å². The van der Waals surface area contributed by atoms with Crippen molar-refractivity contribution in [3.05, 3.63) is 135 Å². The highest BCUT2D eigenvalue weighted by molar-refractivity contribution is 7.93. The molecular formula is C44H38ClN7O7S2. The molecule has 0 saturated carbocycles. The maximum absolute atomic E-state index is 14.0. The van der Waals surface area contributed by atoms with Gasteiger partial charge in [-0.2, -0.15) is 10.5 Å². The molecule has 1 aliphatic heterocycles. The number of nitrogens with zero attached hydrogens (tertiary/aromatic N) is 5. The van der Waals surface area contributed by atoms with E-state index in [2.05, 4.69) is 19.7 Å². The number of hydrogen-bond acceptors (Lipinski definition) is 12. The Labute approximate surface area is 358 Å². The van der Waals surface area contributed by atoms with E-state index in [4.69, 9.17) is 16.3 Å². The van der Waals surface area contributed by atoms with Gasteiger partial charge >= 0.3 is 0 Å². The number of aryl methyl sites for hydroxylation is 3. The third kappa shape index (κ3) is 8.94. The standard InChI is InChI=1S/C44H38ClN7O7S2/c1-26-16-38(41(53)18-27(26)2)51-61(57,58)42-23-33(10-11-40(42)52-12-14-59-15-13-52)50-60(55,56)34-8-4-6-29(20-34)19-30-7-5-9-35-43(30)39(17-28(3)44(35)54)49-48-37-22-32(25-47)31(24-46)21-36(37)45/h4-11,16-18,20-23,50-51,53-54H,12-15,19H2,1-3H3. The van der Waals surface area contributed by atoms with Crippen molar-refractivity contribution in [1.29, 1.82) is 10.5 Å². The molecule has 0 amide bonds. The summed E-state index contributed by atoms with van der Waals surface area (Å²) in [5.41, 5.74) is 4.36. The SMILES string of the molecule is Cc1cc(O)c(NS(=O)(=O)c2cc(NS(=O)(=O)c3cccc(Cc4cccc5c(O)c(C)cc(N=Nc6cc(C#N)c(C#N)cc6Cl)c45)c3)ccc2N2CCOCC2)cc1C. The molecule has 310 valence electrons. The van der Waals surface area contributed by atoms with Crippen LogP contribution in [0.1, 0.15) is 38.9 Å². The lowest BCUT2D eigenvalue weighted by atomic mass is 9.95. The molecule has 0 bridgehead atoms. The summed E-state index contributed by atoms with van der Waals surface area (Å²) in [6.07, 6.45) is 0.204. The Morgan fingerprint density at radius 1 is 0.770 bits per heavy atom. The molecule has 14 nitrogen and oxygen atoms in total. The number of nitriles is 2. The fourth-order valence-corrected chi connectivity index (χ4v) is 9.65. The average Bonchev–Trinajstić information content (AvgIpc) is 3.24. The van der Waals surface area contributed by atoms with Gasteiger partial charge in [-0.1, -0.05) is 41.9 Å². The number of phenols is 2. The fourth-order valence-electron chi connectivity index (χ4n) is 7.01. The molecule has 0 atom stereocenters. The number of fused-ring (bicyclic) bond motifs is 1. The number of anilines is 3. The third-order valence-corrected chi connectivity index (χ3v) is 13.4. The van der Waals surface area contributed by atoms with Gasteiger partial charge in [-0.15, -0.1) is 10.2 Å². The van der Waals surface area contributed by atoms with E-state index in [1.165, 1.54) is 48.5 Å². The maximum Gasteiger partial charge on any atom is 0.264 e. The molecule has 17 heteroatoms. The number of morpholine rings is 1. The Bertz CT molecular complexity index is 3080. The second kappa shape index (κ2) is 17.1. The molecule has 4 N–H and O–H groups in total. The monoisotopic (exact) mass is 875 g/mol. The zero-order valence-corrected chi connectivity index (χ0v) is 35.5. The largest absolute Gasteiger partial charge is 0.507 e. The molecule has 0 spiro atoms. The minimum Gasteiger partial charge on any atom is -0.507 e. The lowest BCUT2D eigenvalue weighted by molar-refractivity contribution is 0.122. The van der Waals surface area contributed by atoms with Crippen molar-refractivity contribution < 1.29 is 31.8 Å². The first kappa shape index (κ1) is 42.4. The predicted octanol–water partition coefficient (Wildman–Crippen LogP) is 9.02. The summed E-state index contributed by atoms with van der Waals surface area (Å²) in [7, 11) is -8.66. The number of phenolic OH excluding ortho intramolecular Hbond substituents is 2. The summed E-state index contributed by atoms with van der Waals surface area (Å²) in [5.74, 6) is -0.225. The number of ether oxygens (including phenoxy) is 1. The van der Waals surface area contributed by atoms with Crippen molar-refractivity contribution in [2.75, 3.05) is 40.6 Å². The van der Waals surface area contributed by atoms with Crippen molar-refractivity contribution in [2.45, 2.75) is 37.0 Å². The van der Waals surface area contributed by atoms with E-state index in [1.54, 1.807) is 57.2 Å². The zero-order chi connectivity index (χ0) is 43.6. The van der Waals surface area contributed by atoms with Gasteiger partial charge in [0.25, 0.3) is 20.0 Å². The molecule has 1 heterocycles. The van der Waals surface area contributed by atoms with Crippen LogP contribution in [0.4, 0.5) is 28.4 Å². The molecule has 7 rings (SSSR count). The van der Waals surface area contributed by atoms with E-state index in [-0.39, 0.29) is 60.9 Å². The van der Waals surface area contributed by atoms with Gasteiger partial charge < -0.3 is 19.8 Å². The maximum atomic E-state index is 14.0. The Morgan fingerprint density at radius 2 is 1.46 bits per heavy atom. The molecule has 61 heavy (non-hydrogen) atoms. The molecule has 1 saturated heterocycles. The minimum atomic E-state index is -4.38. The van der Waals surface area contributed by atoms with E-state index < -0.39 is 20.0 Å². The molecule has 6 aromatic rings. The Balaban J connectivity index is 1.21. The van der Waals surface area contributed by atoms with Crippen LogP contribution in [-0.2, 0) is 31.2 Å². The van der Waals surface area contributed by atoms with Crippen molar-refractivity contribution in [1.82, 2.24) is 0 Å². The average molecular weight is 876 g/mol. The Morgan fingerprint density at radius 3 is 2.20 bits per heavy atom. The molecule has 6 aromatic carbocycles. The number of azo groups is 1. The molecule has 0 aromatic heterocycles. The highest BCUT2D eigenvalue weighted by Crippen LogP contribution is 2.41. The number of rotatable bonds is 11. The summed E-state index contributed by atoms with van der Waals surface area (Å²) >= 11 is 6.38. The highest BCUT2D eigenvalue weighted by Gasteiger charge is 2.27. The number of halogens is 1. The number of aromatic hydroxyl groups is 2. The summed E-state index contributed by atoms with van der Waals surface area (Å²) in [6, 6.07) is 27.1. The topological polar surface area (TPSA) is 218 Å². The smallest absolute Gasteiger partial charge is 0.264 e. The van der Waals surface area contributed by atoms with Gasteiger partial charge in [0.1, 0.15) is 34.2 Å². The van der Waals surface area contributed by atoms with Crippen LogP contribution in [0.2, 0.25) is 5.02 Å². The van der Waals surface area contributed by atoms with E-state index >= 15 is 0 Å². The van der Waals surface area contributed by atoms with E-state index in [9.17, 15) is 37.6 Å². The second-order valence-electron chi connectivity index (χ2n) is 14.4. The lowest BCUT2D eigenvalue weighted by Gasteiger charge is -2.30. The van der Waals surface area contributed by atoms with Crippen LogP contribution in [0.5, 0.6) is 11.5 Å². The molecule has 1 fully saturated rings. The molecule has 1 aliphatic rings. The molecule has 0 unspecified atom stereocenters. The van der Waals surface area contributed by atoms with Crippen LogP contribution in [-0.4, -0.2) is 53.4 Å². The van der Waals surface area contributed by atoms with Crippen LogP contribution in [0, 0.1) is 43.4 Å². The normalized spacial score (nSPS) is 13.2. The van der Waals surface area contributed by atoms with Crippen molar-refractivity contribution in [3.63, 3.8) is 0 Å². The van der Waals surface area contributed by atoms with Crippen LogP contribution >= 0.6 is 11.6 Å². The Hall–Kier alpha value is -6.69. The zero-order valence-electron chi connectivity index (χ0n) is 33.1. The van der Waals surface area contributed by atoms with Crippen LogP contribution in [0.3, 0.4) is 0 Å². The van der Waals surface area contributed by atoms with E-state index in [1.807, 2.05) is 23.1 Å². The highest BCUT2D eigenvalue weighted by atomic mass is 35.5. The first-order chi connectivity index (χ1) is 29.1. The summed E-state index contributed by atoms with van der Waals surface area (Å²) in [5, 5.41) is 50.5. The summed E-state index contributed by atoms with van der Waals surface area (Å²) < 4.78 is 66.6. The van der Waals surface area contributed by atoms with Gasteiger partial charge in [-0.05, 0) is 116 Å². The van der Waals surface area contributed by atoms with Crippen molar-refractivity contribution in [3.8, 4) is 23.6 Å². The Kier molecular flexibility index (Phi) is 11.9. The first-order valence-electron chi connectivity index (χ1n) is 18.8. The van der Waals surface area contributed by atoms with Crippen LogP contribution in [0.25, 0.3) is 10.8 Å². The number of benzene rings is 6.